The molecule has 1 aliphatic carbocycles. The van der Waals surface area contributed by atoms with Crippen molar-refractivity contribution in [3.8, 4) is 0 Å². The molecule has 3 atom stereocenters. The number of hydrogen-bond donors (Lipinski definition) is 2. The summed E-state index contributed by atoms with van der Waals surface area (Å²) in [5.74, 6) is -1.00. The van der Waals surface area contributed by atoms with Gasteiger partial charge < -0.3 is 15.8 Å². The number of anilines is 1. The van der Waals surface area contributed by atoms with Crippen LogP contribution in [0.2, 0.25) is 0 Å². The fourth-order valence-corrected chi connectivity index (χ4v) is 1.93. The molecular weight excluding hydrogens is 272 g/mol. The van der Waals surface area contributed by atoms with Gasteiger partial charge in [0, 0.05) is 11.3 Å². The van der Waals surface area contributed by atoms with Gasteiger partial charge in [0.1, 0.15) is 0 Å². The largest absolute Gasteiger partial charge is 0.452 e. The lowest BCUT2D eigenvalue weighted by molar-refractivity contribution is -0.154. The highest BCUT2D eigenvalue weighted by molar-refractivity contribution is 5.96. The van der Waals surface area contributed by atoms with E-state index in [1.165, 1.54) is 19.1 Å². The second-order valence-electron chi connectivity index (χ2n) is 5.33. The second kappa shape index (κ2) is 5.95. The Morgan fingerprint density at radius 1 is 1.29 bits per heavy atom. The summed E-state index contributed by atoms with van der Waals surface area (Å²) in [7, 11) is 0. The zero-order chi connectivity index (χ0) is 15.6. The molecule has 6 heteroatoms. The third kappa shape index (κ3) is 3.81. The average Bonchev–Trinajstić information content (AvgIpc) is 3.16. The second-order valence-corrected chi connectivity index (χ2v) is 5.33. The van der Waals surface area contributed by atoms with E-state index in [1.807, 2.05) is 6.92 Å². The number of carbonyl (C=O) groups is 3. The fraction of sp³-hybridized carbons (Fsp3) is 0.400. The molecule has 2 amide bonds. The Hall–Kier alpha value is -2.37. The van der Waals surface area contributed by atoms with Crippen LogP contribution < -0.4 is 11.1 Å². The van der Waals surface area contributed by atoms with Crippen molar-refractivity contribution in [2.75, 3.05) is 5.32 Å². The van der Waals surface area contributed by atoms with Crippen molar-refractivity contribution >= 4 is 23.5 Å². The van der Waals surface area contributed by atoms with Crippen LogP contribution in [0.5, 0.6) is 0 Å². The first-order valence-electron chi connectivity index (χ1n) is 6.79. The molecule has 1 saturated carbocycles. The summed E-state index contributed by atoms with van der Waals surface area (Å²) in [6, 6.07) is 6.16. The lowest BCUT2D eigenvalue weighted by atomic mass is 10.2. The molecule has 0 aliphatic heterocycles. The van der Waals surface area contributed by atoms with Crippen LogP contribution >= 0.6 is 0 Å². The lowest BCUT2D eigenvalue weighted by Crippen LogP contribution is -2.30. The smallest absolute Gasteiger partial charge is 0.309 e. The molecule has 6 nitrogen and oxygen atoms in total. The number of amides is 2. The number of hydrogen-bond acceptors (Lipinski definition) is 4. The molecule has 0 radical (unpaired) electrons. The monoisotopic (exact) mass is 290 g/mol. The van der Waals surface area contributed by atoms with Gasteiger partial charge in [0.15, 0.2) is 6.10 Å². The van der Waals surface area contributed by atoms with Crippen LogP contribution in [-0.4, -0.2) is 23.9 Å². The van der Waals surface area contributed by atoms with Crippen molar-refractivity contribution < 1.29 is 19.1 Å². The SMILES string of the molecule is C[C@H](OC(=O)[C@@H]1C[C@H]1C)C(=O)Nc1ccc(C(N)=O)cc1. The molecule has 3 N–H and O–H groups in total. The fourth-order valence-electron chi connectivity index (χ4n) is 1.93. The highest BCUT2D eigenvalue weighted by Crippen LogP contribution is 2.38. The molecule has 0 spiro atoms. The summed E-state index contributed by atoms with van der Waals surface area (Å²) < 4.78 is 5.12. The van der Waals surface area contributed by atoms with Crippen LogP contribution in [0.15, 0.2) is 24.3 Å². The molecule has 0 saturated heterocycles. The van der Waals surface area contributed by atoms with E-state index in [9.17, 15) is 14.4 Å². The van der Waals surface area contributed by atoms with Crippen LogP contribution in [0.3, 0.4) is 0 Å². The highest BCUT2D eigenvalue weighted by Gasteiger charge is 2.41. The van der Waals surface area contributed by atoms with Crippen LogP contribution in [0.1, 0.15) is 30.6 Å². The van der Waals surface area contributed by atoms with Crippen molar-refractivity contribution in [2.24, 2.45) is 17.6 Å². The Labute approximate surface area is 122 Å². The molecule has 0 unspecified atom stereocenters. The minimum Gasteiger partial charge on any atom is -0.452 e. The predicted molar refractivity (Wildman–Crippen MR) is 76.4 cm³/mol. The first kappa shape index (κ1) is 15.0. The van der Waals surface area contributed by atoms with Crippen molar-refractivity contribution in [1.82, 2.24) is 0 Å². The van der Waals surface area contributed by atoms with Crippen molar-refractivity contribution in [2.45, 2.75) is 26.4 Å². The van der Waals surface area contributed by atoms with Gasteiger partial charge in [0.05, 0.1) is 5.92 Å². The number of rotatable bonds is 5. The first-order valence-corrected chi connectivity index (χ1v) is 6.79. The normalized spacial score (nSPS) is 21.2. The maximum atomic E-state index is 11.9. The Kier molecular flexibility index (Phi) is 4.26. The quantitative estimate of drug-likeness (QED) is 0.799. The third-order valence-electron chi connectivity index (χ3n) is 3.51. The van der Waals surface area contributed by atoms with Gasteiger partial charge in [0.25, 0.3) is 5.91 Å². The number of nitrogens with two attached hydrogens (primary N) is 1. The Bertz CT molecular complexity index is 568. The number of primary amides is 1. The molecule has 112 valence electrons. The van der Waals surface area contributed by atoms with Gasteiger partial charge in [-0.15, -0.1) is 0 Å². The van der Waals surface area contributed by atoms with E-state index in [2.05, 4.69) is 5.32 Å². The lowest BCUT2D eigenvalue weighted by Gasteiger charge is -2.13. The average molecular weight is 290 g/mol. The van der Waals surface area contributed by atoms with Crippen LogP contribution in [0, 0.1) is 11.8 Å². The zero-order valence-corrected chi connectivity index (χ0v) is 12.0. The van der Waals surface area contributed by atoms with Crippen LogP contribution in [-0.2, 0) is 14.3 Å². The number of esters is 1. The molecule has 1 aromatic carbocycles. The standard InChI is InChI=1S/C15H18N2O4/c1-8-7-12(8)15(20)21-9(2)14(19)17-11-5-3-10(4-6-11)13(16)18/h3-6,8-9,12H,7H2,1-2H3,(H2,16,18)(H,17,19)/t8-,9+,12-/m1/s1. The summed E-state index contributed by atoms with van der Waals surface area (Å²) in [5.41, 5.74) is 5.99. The molecule has 0 bridgehead atoms. The number of ether oxygens (including phenoxy) is 1. The summed E-state index contributed by atoms with van der Waals surface area (Å²) in [6.45, 7) is 3.50. The summed E-state index contributed by atoms with van der Waals surface area (Å²) in [6.07, 6.45) is -0.0389. The molecule has 21 heavy (non-hydrogen) atoms. The Morgan fingerprint density at radius 2 is 1.86 bits per heavy atom. The number of nitrogens with one attached hydrogen (secondary N) is 1. The van der Waals surface area contributed by atoms with Crippen molar-refractivity contribution in [1.29, 1.82) is 0 Å². The zero-order valence-electron chi connectivity index (χ0n) is 12.0. The number of benzene rings is 1. The van der Waals surface area contributed by atoms with Gasteiger partial charge in [-0.25, -0.2) is 0 Å². The molecule has 1 aliphatic rings. The van der Waals surface area contributed by atoms with E-state index in [4.69, 9.17) is 10.5 Å². The minimum absolute atomic E-state index is 0.0740. The molecule has 0 heterocycles. The van der Waals surface area contributed by atoms with Gasteiger partial charge in [-0.05, 0) is 43.5 Å². The molecule has 0 aromatic heterocycles. The van der Waals surface area contributed by atoms with Gasteiger partial charge in [-0.2, -0.15) is 0 Å². The van der Waals surface area contributed by atoms with E-state index in [-0.39, 0.29) is 11.9 Å². The van der Waals surface area contributed by atoms with Gasteiger partial charge in [0.2, 0.25) is 5.91 Å². The Morgan fingerprint density at radius 3 is 2.33 bits per heavy atom. The molecule has 2 rings (SSSR count). The van der Waals surface area contributed by atoms with Crippen molar-refractivity contribution in [3.63, 3.8) is 0 Å². The number of carbonyl (C=O) groups excluding carboxylic acids is 3. The third-order valence-corrected chi connectivity index (χ3v) is 3.51. The van der Waals surface area contributed by atoms with Gasteiger partial charge in [-0.3, -0.25) is 14.4 Å². The summed E-state index contributed by atoms with van der Waals surface area (Å²) >= 11 is 0. The van der Waals surface area contributed by atoms with Crippen LogP contribution in [0.4, 0.5) is 5.69 Å². The summed E-state index contributed by atoms with van der Waals surface area (Å²) in [4.78, 5) is 34.5. The van der Waals surface area contributed by atoms with E-state index in [0.29, 0.717) is 17.2 Å². The Balaban J connectivity index is 1.88. The molecule has 1 fully saturated rings. The first-order chi connectivity index (χ1) is 9.88. The topological polar surface area (TPSA) is 98.5 Å². The van der Waals surface area contributed by atoms with Crippen molar-refractivity contribution in [3.05, 3.63) is 29.8 Å². The van der Waals surface area contributed by atoms with Gasteiger partial charge >= 0.3 is 5.97 Å². The van der Waals surface area contributed by atoms with E-state index >= 15 is 0 Å². The van der Waals surface area contributed by atoms with E-state index < -0.39 is 17.9 Å². The molecule has 1 aromatic rings. The van der Waals surface area contributed by atoms with Crippen LogP contribution in [0.25, 0.3) is 0 Å². The predicted octanol–water partition coefficient (Wildman–Crippen LogP) is 1.31. The van der Waals surface area contributed by atoms with Gasteiger partial charge in [-0.1, -0.05) is 6.92 Å². The maximum Gasteiger partial charge on any atom is 0.309 e. The highest BCUT2D eigenvalue weighted by atomic mass is 16.5. The minimum atomic E-state index is -0.860. The summed E-state index contributed by atoms with van der Waals surface area (Å²) in [5, 5.41) is 2.62. The van der Waals surface area contributed by atoms with E-state index in [0.717, 1.165) is 6.42 Å². The van der Waals surface area contributed by atoms with E-state index in [1.54, 1.807) is 12.1 Å². The molecular formula is C15H18N2O4. The maximum absolute atomic E-state index is 11.9.